The molecular formula is C22H23N5O5S. The molecule has 1 aliphatic heterocycles. The van der Waals surface area contributed by atoms with Crippen molar-refractivity contribution in [3.63, 3.8) is 0 Å². The summed E-state index contributed by atoms with van der Waals surface area (Å²) >= 11 is 0. The maximum atomic E-state index is 13.0. The van der Waals surface area contributed by atoms with Gasteiger partial charge in [0.15, 0.2) is 0 Å². The first-order valence-corrected chi connectivity index (χ1v) is 11.3. The first kappa shape index (κ1) is 23.9. The Morgan fingerprint density at radius 1 is 1.21 bits per heavy atom. The van der Waals surface area contributed by atoms with Crippen molar-refractivity contribution in [2.24, 2.45) is 0 Å². The Labute approximate surface area is 191 Å². The van der Waals surface area contributed by atoms with Crippen molar-refractivity contribution in [3.05, 3.63) is 59.2 Å². The van der Waals surface area contributed by atoms with Gasteiger partial charge in [0.25, 0.3) is 5.91 Å². The Morgan fingerprint density at radius 3 is 2.55 bits per heavy atom. The van der Waals surface area contributed by atoms with E-state index in [2.05, 4.69) is 10.6 Å². The lowest BCUT2D eigenvalue weighted by molar-refractivity contribution is -0.133. The van der Waals surface area contributed by atoms with Gasteiger partial charge in [-0.15, -0.1) is 0 Å². The van der Waals surface area contributed by atoms with E-state index < -0.39 is 40.0 Å². The van der Waals surface area contributed by atoms with Gasteiger partial charge in [-0.05, 0) is 49.2 Å². The van der Waals surface area contributed by atoms with Crippen LogP contribution in [0.25, 0.3) is 0 Å². The number of nitrogens with zero attached hydrogens (tertiary/aromatic N) is 3. The molecule has 0 saturated carbocycles. The highest BCUT2D eigenvalue weighted by Gasteiger charge is 2.49. The zero-order valence-electron chi connectivity index (χ0n) is 18.5. The minimum atomic E-state index is -3.73. The van der Waals surface area contributed by atoms with E-state index in [1.165, 1.54) is 39.2 Å². The normalized spacial score (nSPS) is 18.2. The number of imide groups is 1. The fourth-order valence-electron chi connectivity index (χ4n) is 3.43. The molecule has 1 unspecified atom stereocenters. The molecule has 0 bridgehead atoms. The summed E-state index contributed by atoms with van der Waals surface area (Å²) in [7, 11) is -0.920. The number of hydrogen-bond acceptors (Lipinski definition) is 6. The van der Waals surface area contributed by atoms with Crippen LogP contribution in [0.15, 0.2) is 47.4 Å². The molecule has 0 spiro atoms. The summed E-state index contributed by atoms with van der Waals surface area (Å²) in [5, 5.41) is 14.2. The first-order chi connectivity index (χ1) is 15.4. The maximum absolute atomic E-state index is 13.0. The predicted molar refractivity (Wildman–Crippen MR) is 119 cm³/mol. The van der Waals surface area contributed by atoms with E-state index in [9.17, 15) is 22.8 Å². The zero-order chi connectivity index (χ0) is 24.6. The Hall–Kier alpha value is -3.75. The van der Waals surface area contributed by atoms with Crippen LogP contribution in [0.5, 0.6) is 0 Å². The van der Waals surface area contributed by atoms with Gasteiger partial charge in [0.1, 0.15) is 12.1 Å². The monoisotopic (exact) mass is 469 g/mol. The highest BCUT2D eigenvalue weighted by Crippen LogP contribution is 2.29. The van der Waals surface area contributed by atoms with Gasteiger partial charge < -0.3 is 10.6 Å². The first-order valence-electron chi connectivity index (χ1n) is 9.88. The maximum Gasteiger partial charge on any atom is 0.325 e. The van der Waals surface area contributed by atoms with Crippen LogP contribution in [0.2, 0.25) is 0 Å². The van der Waals surface area contributed by atoms with Crippen molar-refractivity contribution in [3.8, 4) is 6.07 Å². The number of nitrogens with one attached hydrogen (secondary N) is 2. The molecule has 2 aromatic rings. The number of anilines is 1. The van der Waals surface area contributed by atoms with Crippen LogP contribution in [0.3, 0.4) is 0 Å². The molecule has 2 N–H and O–H groups in total. The molecule has 172 valence electrons. The quantitative estimate of drug-likeness (QED) is 0.615. The number of aryl methyl sites for hydroxylation is 1. The molecule has 0 aliphatic carbocycles. The lowest BCUT2D eigenvalue weighted by Crippen LogP contribution is -2.42. The van der Waals surface area contributed by atoms with Crippen LogP contribution >= 0.6 is 0 Å². The largest absolute Gasteiger partial charge is 0.325 e. The van der Waals surface area contributed by atoms with Gasteiger partial charge >= 0.3 is 6.03 Å². The van der Waals surface area contributed by atoms with Crippen LogP contribution in [0.4, 0.5) is 10.5 Å². The van der Waals surface area contributed by atoms with Crippen LogP contribution in [0.1, 0.15) is 23.6 Å². The predicted octanol–water partition coefficient (Wildman–Crippen LogP) is 1.52. The second-order valence-electron chi connectivity index (χ2n) is 7.95. The Bertz CT molecular complexity index is 1300. The number of sulfonamides is 1. The van der Waals surface area contributed by atoms with E-state index in [0.717, 1.165) is 9.21 Å². The van der Waals surface area contributed by atoms with Gasteiger partial charge in [0.2, 0.25) is 15.9 Å². The number of urea groups is 1. The number of nitriles is 1. The van der Waals surface area contributed by atoms with Gasteiger partial charge in [0, 0.05) is 19.8 Å². The third-order valence-electron chi connectivity index (χ3n) is 5.38. The van der Waals surface area contributed by atoms with Crippen molar-refractivity contribution >= 4 is 33.6 Å². The lowest BCUT2D eigenvalue weighted by atomic mass is 9.91. The summed E-state index contributed by atoms with van der Waals surface area (Å²) in [5.74, 6) is -1.32. The standard InChI is InChI=1S/C22H23N5O5S/c1-14-8-9-17(11-18(14)33(31,32)26(3)4)24-19(28)13-27-20(29)22(2,25-21(27)30)16-7-5-6-15(10-16)12-23/h5-11H,13H2,1-4H3,(H,24,28)(H,25,30). The molecule has 1 fully saturated rings. The van der Waals surface area contributed by atoms with E-state index >= 15 is 0 Å². The molecular weight excluding hydrogens is 446 g/mol. The number of carbonyl (C=O) groups excluding carboxylic acids is 3. The third kappa shape index (κ3) is 4.44. The Kier molecular flexibility index (Phi) is 6.26. The highest BCUT2D eigenvalue weighted by atomic mass is 32.2. The summed E-state index contributed by atoms with van der Waals surface area (Å²) in [6, 6.07) is 11.9. The molecule has 0 aromatic heterocycles. The fourth-order valence-corrected chi connectivity index (χ4v) is 4.58. The number of hydrogen-bond donors (Lipinski definition) is 2. The van der Waals surface area contributed by atoms with Crippen molar-refractivity contribution in [1.82, 2.24) is 14.5 Å². The summed E-state index contributed by atoms with van der Waals surface area (Å²) in [6.45, 7) is 2.57. The van der Waals surface area contributed by atoms with Gasteiger partial charge in [-0.2, -0.15) is 5.26 Å². The molecule has 3 rings (SSSR count). The van der Waals surface area contributed by atoms with Crippen molar-refractivity contribution < 1.29 is 22.8 Å². The molecule has 1 aliphatic rings. The van der Waals surface area contributed by atoms with Crippen LogP contribution in [-0.4, -0.2) is 56.1 Å². The van der Waals surface area contributed by atoms with Crippen molar-refractivity contribution in [1.29, 1.82) is 5.26 Å². The fraction of sp³-hybridized carbons (Fsp3) is 0.273. The van der Waals surface area contributed by atoms with E-state index in [-0.39, 0.29) is 10.6 Å². The summed E-state index contributed by atoms with van der Waals surface area (Å²) < 4.78 is 26.1. The van der Waals surface area contributed by atoms with Crippen LogP contribution in [0, 0.1) is 18.3 Å². The van der Waals surface area contributed by atoms with Crippen LogP contribution < -0.4 is 10.6 Å². The molecule has 10 nitrogen and oxygen atoms in total. The van der Waals surface area contributed by atoms with Crippen LogP contribution in [-0.2, 0) is 25.2 Å². The Balaban J connectivity index is 1.79. The number of rotatable bonds is 6. The van der Waals surface area contributed by atoms with E-state index in [0.29, 0.717) is 16.7 Å². The molecule has 1 heterocycles. The van der Waals surface area contributed by atoms with Crippen molar-refractivity contribution in [2.75, 3.05) is 26.0 Å². The van der Waals surface area contributed by atoms with E-state index in [4.69, 9.17) is 5.26 Å². The van der Waals surface area contributed by atoms with Gasteiger partial charge in [-0.3, -0.25) is 14.5 Å². The third-order valence-corrected chi connectivity index (χ3v) is 7.33. The highest BCUT2D eigenvalue weighted by molar-refractivity contribution is 7.89. The van der Waals surface area contributed by atoms with Gasteiger partial charge in [-0.1, -0.05) is 18.2 Å². The molecule has 2 aromatic carbocycles. The molecule has 1 saturated heterocycles. The molecule has 33 heavy (non-hydrogen) atoms. The average molecular weight is 470 g/mol. The van der Waals surface area contributed by atoms with Gasteiger partial charge in [-0.25, -0.2) is 17.5 Å². The number of benzene rings is 2. The SMILES string of the molecule is Cc1ccc(NC(=O)CN2C(=O)NC(C)(c3cccc(C#N)c3)C2=O)cc1S(=O)(=O)N(C)C. The molecule has 4 amide bonds. The van der Waals surface area contributed by atoms with E-state index in [1.54, 1.807) is 31.2 Å². The van der Waals surface area contributed by atoms with Gasteiger partial charge in [0.05, 0.1) is 16.5 Å². The van der Waals surface area contributed by atoms with E-state index in [1.807, 2.05) is 6.07 Å². The summed E-state index contributed by atoms with van der Waals surface area (Å²) in [5.41, 5.74) is 0.0320. The molecule has 0 radical (unpaired) electrons. The Morgan fingerprint density at radius 2 is 1.91 bits per heavy atom. The second-order valence-corrected chi connectivity index (χ2v) is 10.1. The summed E-state index contributed by atoms with van der Waals surface area (Å²) in [6.07, 6.45) is 0. The smallest absolute Gasteiger partial charge is 0.324 e. The zero-order valence-corrected chi connectivity index (χ0v) is 19.4. The minimum Gasteiger partial charge on any atom is -0.324 e. The second kappa shape index (κ2) is 8.65. The number of carbonyl (C=O) groups is 3. The summed E-state index contributed by atoms with van der Waals surface area (Å²) in [4.78, 5) is 38.9. The topological polar surface area (TPSA) is 140 Å². The molecule has 1 atom stereocenters. The average Bonchev–Trinajstić information content (AvgIpc) is 2.98. The molecule has 11 heteroatoms. The van der Waals surface area contributed by atoms with Crippen molar-refractivity contribution in [2.45, 2.75) is 24.3 Å². The number of amides is 4. The lowest BCUT2D eigenvalue weighted by Gasteiger charge is -2.22. The minimum absolute atomic E-state index is 0.0326.